The number of anilines is 2. The van der Waals surface area contributed by atoms with Gasteiger partial charge in [0.15, 0.2) is 0 Å². The van der Waals surface area contributed by atoms with E-state index >= 15 is 0 Å². The third-order valence-electron chi connectivity index (χ3n) is 4.01. The largest absolute Gasteiger partial charge is 0.303 e. The number of para-hydroxylation sites is 1. The quantitative estimate of drug-likeness (QED) is 0.672. The summed E-state index contributed by atoms with van der Waals surface area (Å²) in [6, 6.07) is 25.1. The van der Waals surface area contributed by atoms with Crippen molar-refractivity contribution in [2.24, 2.45) is 0 Å². The summed E-state index contributed by atoms with van der Waals surface area (Å²) < 4.78 is 0. The predicted molar refractivity (Wildman–Crippen MR) is 93.4 cm³/mol. The number of aromatic nitrogens is 1. The van der Waals surface area contributed by atoms with E-state index in [1.165, 1.54) is 16.6 Å². The van der Waals surface area contributed by atoms with E-state index in [0.29, 0.717) is 0 Å². The van der Waals surface area contributed by atoms with Crippen LogP contribution < -0.4 is 15.8 Å². The second-order valence-electron chi connectivity index (χ2n) is 5.35. The number of hydrogen-bond acceptors (Lipinski definition) is 2. The first-order valence-electron chi connectivity index (χ1n) is 7.46. The highest BCUT2D eigenvalue weighted by Gasteiger charge is 2.25. The van der Waals surface area contributed by atoms with Gasteiger partial charge in [0, 0.05) is 11.9 Å². The zero-order valence-corrected chi connectivity index (χ0v) is 12.1. The van der Waals surface area contributed by atoms with E-state index in [0.717, 1.165) is 5.82 Å². The lowest BCUT2D eigenvalue weighted by molar-refractivity contribution is 1.18. The average Bonchev–Trinajstić information content (AvgIpc) is 2.62. The molecule has 0 atom stereocenters. The maximum Gasteiger partial charge on any atom is 0.238 e. The second kappa shape index (κ2) is 5.53. The molecule has 22 heavy (non-hydrogen) atoms. The van der Waals surface area contributed by atoms with E-state index < -0.39 is 0 Å². The van der Waals surface area contributed by atoms with Gasteiger partial charge in [-0.05, 0) is 29.9 Å². The van der Waals surface area contributed by atoms with E-state index in [4.69, 9.17) is 0 Å². The molecule has 104 valence electrons. The maximum absolute atomic E-state index is 4.47. The Balaban J connectivity index is 1.82. The van der Waals surface area contributed by atoms with Crippen molar-refractivity contribution in [1.82, 2.24) is 4.98 Å². The first kappa shape index (κ1) is 12.9. The smallest absolute Gasteiger partial charge is 0.238 e. The van der Waals surface area contributed by atoms with Gasteiger partial charge in [-0.1, -0.05) is 66.0 Å². The first-order chi connectivity index (χ1) is 10.9. The molecule has 1 aromatic heterocycles. The van der Waals surface area contributed by atoms with E-state index in [1.807, 2.05) is 24.4 Å². The number of nitrogens with zero attached hydrogens (tertiary/aromatic N) is 2. The SMILES string of the molecule is C1=CN(c2ccccn2)c2ccccc2B1c1ccccc1. The van der Waals surface area contributed by atoms with E-state index in [2.05, 4.69) is 76.7 Å². The Kier molecular flexibility index (Phi) is 3.24. The van der Waals surface area contributed by atoms with Crippen LogP contribution in [0.4, 0.5) is 11.5 Å². The minimum Gasteiger partial charge on any atom is -0.303 e. The van der Waals surface area contributed by atoms with E-state index in [1.54, 1.807) is 0 Å². The Bertz CT molecular complexity index is 731. The lowest BCUT2D eigenvalue weighted by atomic mass is 9.39. The molecular weight excluding hydrogens is 267 g/mol. The fourth-order valence-electron chi connectivity index (χ4n) is 2.97. The van der Waals surface area contributed by atoms with Crippen LogP contribution in [0.5, 0.6) is 0 Å². The van der Waals surface area contributed by atoms with Crippen LogP contribution in [-0.2, 0) is 0 Å². The molecule has 3 heteroatoms. The van der Waals surface area contributed by atoms with Crippen molar-refractivity contribution in [3.8, 4) is 0 Å². The monoisotopic (exact) mass is 282 g/mol. The lowest BCUT2D eigenvalue weighted by Gasteiger charge is -2.29. The van der Waals surface area contributed by atoms with Gasteiger partial charge in [-0.15, -0.1) is 0 Å². The topological polar surface area (TPSA) is 16.1 Å². The first-order valence-corrected chi connectivity index (χ1v) is 7.46. The summed E-state index contributed by atoms with van der Waals surface area (Å²) in [7, 11) is 0. The molecule has 2 heterocycles. The molecule has 0 bridgehead atoms. The number of fused-ring (bicyclic) bond motifs is 1. The molecule has 0 radical (unpaired) electrons. The summed E-state index contributed by atoms with van der Waals surface area (Å²) >= 11 is 0. The van der Waals surface area contributed by atoms with Gasteiger partial charge in [0.25, 0.3) is 0 Å². The van der Waals surface area contributed by atoms with Gasteiger partial charge in [-0.2, -0.15) is 0 Å². The Morgan fingerprint density at radius 2 is 1.55 bits per heavy atom. The highest BCUT2D eigenvalue weighted by molar-refractivity contribution is 6.90. The Hall–Kier alpha value is -2.81. The van der Waals surface area contributed by atoms with Crippen LogP contribution in [0.1, 0.15) is 0 Å². The number of pyridine rings is 1. The Morgan fingerprint density at radius 1 is 0.773 bits per heavy atom. The molecule has 0 amide bonds. The second-order valence-corrected chi connectivity index (χ2v) is 5.35. The molecule has 1 aliphatic heterocycles. The summed E-state index contributed by atoms with van der Waals surface area (Å²) in [6.45, 7) is 0.289. The van der Waals surface area contributed by atoms with Gasteiger partial charge in [0.2, 0.25) is 6.71 Å². The zero-order valence-electron chi connectivity index (χ0n) is 12.1. The Labute approximate surface area is 130 Å². The minimum atomic E-state index is 0.289. The predicted octanol–water partition coefficient (Wildman–Crippen LogP) is 2.90. The number of benzene rings is 2. The molecular formula is C19H15BN2. The molecule has 4 rings (SSSR count). The van der Waals surface area contributed by atoms with Crippen molar-refractivity contribution in [1.29, 1.82) is 0 Å². The molecule has 0 fully saturated rings. The van der Waals surface area contributed by atoms with Crippen molar-refractivity contribution in [3.63, 3.8) is 0 Å². The van der Waals surface area contributed by atoms with Gasteiger partial charge in [0.05, 0.1) is 0 Å². The van der Waals surface area contributed by atoms with Crippen LogP contribution in [0.3, 0.4) is 0 Å². The van der Waals surface area contributed by atoms with Crippen molar-refractivity contribution in [2.45, 2.75) is 0 Å². The van der Waals surface area contributed by atoms with Crippen LogP contribution in [-0.4, -0.2) is 11.7 Å². The van der Waals surface area contributed by atoms with Gasteiger partial charge < -0.3 is 4.90 Å². The van der Waals surface area contributed by atoms with Crippen molar-refractivity contribution >= 4 is 29.1 Å². The minimum absolute atomic E-state index is 0.289. The molecule has 0 unspecified atom stereocenters. The summed E-state index contributed by atoms with van der Waals surface area (Å²) in [5.41, 5.74) is 3.81. The van der Waals surface area contributed by atoms with E-state index in [-0.39, 0.29) is 6.71 Å². The molecule has 2 nitrogen and oxygen atoms in total. The van der Waals surface area contributed by atoms with Gasteiger partial charge >= 0.3 is 0 Å². The molecule has 3 aromatic rings. The third kappa shape index (κ3) is 2.21. The molecule has 0 spiro atoms. The van der Waals surface area contributed by atoms with Crippen LogP contribution in [0.15, 0.2) is 91.2 Å². The molecule has 0 N–H and O–H groups in total. The van der Waals surface area contributed by atoms with Crippen LogP contribution >= 0.6 is 0 Å². The lowest BCUT2D eigenvalue weighted by Crippen LogP contribution is -2.45. The van der Waals surface area contributed by atoms with E-state index in [9.17, 15) is 0 Å². The van der Waals surface area contributed by atoms with Gasteiger partial charge in [-0.25, -0.2) is 4.98 Å². The summed E-state index contributed by atoms with van der Waals surface area (Å²) in [5, 5.41) is 0. The average molecular weight is 282 g/mol. The fraction of sp³-hybridized carbons (Fsp3) is 0. The summed E-state index contributed by atoms with van der Waals surface area (Å²) in [4.78, 5) is 6.62. The number of rotatable bonds is 2. The van der Waals surface area contributed by atoms with Crippen LogP contribution in [0.25, 0.3) is 0 Å². The normalized spacial score (nSPS) is 13.1. The van der Waals surface area contributed by atoms with Crippen molar-refractivity contribution in [2.75, 3.05) is 4.90 Å². The fourth-order valence-corrected chi connectivity index (χ4v) is 2.97. The molecule has 0 aliphatic carbocycles. The zero-order chi connectivity index (χ0) is 14.8. The van der Waals surface area contributed by atoms with Gasteiger partial charge in [0.1, 0.15) is 5.82 Å². The highest BCUT2D eigenvalue weighted by atomic mass is 15.2. The van der Waals surface area contributed by atoms with Crippen molar-refractivity contribution in [3.05, 3.63) is 91.2 Å². The molecule has 1 aliphatic rings. The molecule has 2 aromatic carbocycles. The summed E-state index contributed by atoms with van der Waals surface area (Å²) in [6.07, 6.45) is 3.96. The number of hydrogen-bond donors (Lipinski definition) is 0. The standard InChI is InChI=1S/C19H15BN2/c1-2-8-16(9-3-1)20-13-15-22(19-12-6-7-14-21-19)18-11-5-4-10-17(18)20/h1-15H. The maximum atomic E-state index is 4.47. The van der Waals surface area contributed by atoms with Gasteiger partial charge in [-0.3, -0.25) is 0 Å². The Morgan fingerprint density at radius 3 is 2.36 bits per heavy atom. The molecule has 0 saturated carbocycles. The summed E-state index contributed by atoms with van der Waals surface area (Å²) in [5.74, 6) is 3.18. The van der Waals surface area contributed by atoms with Crippen LogP contribution in [0.2, 0.25) is 0 Å². The highest BCUT2D eigenvalue weighted by Crippen LogP contribution is 2.25. The van der Waals surface area contributed by atoms with Crippen LogP contribution in [0, 0.1) is 0 Å². The van der Waals surface area contributed by atoms with Crippen molar-refractivity contribution < 1.29 is 0 Å². The molecule has 0 saturated heterocycles. The third-order valence-corrected chi connectivity index (χ3v) is 4.01.